The zero-order valence-electron chi connectivity index (χ0n) is 6.81. The van der Waals surface area contributed by atoms with Gasteiger partial charge >= 0.3 is 5.97 Å². The minimum Gasteiger partial charge on any atom is -0.431 e. The average Bonchev–Trinajstić information content (AvgIpc) is 2.33. The molecule has 2 fully saturated rings. The van der Waals surface area contributed by atoms with Crippen molar-refractivity contribution in [3.05, 3.63) is 0 Å². The van der Waals surface area contributed by atoms with E-state index in [9.17, 15) is 9.90 Å². The minimum absolute atomic E-state index is 0.674. The Labute approximate surface area is 69.2 Å². The van der Waals surface area contributed by atoms with Crippen LogP contribution in [0.25, 0.3) is 0 Å². The van der Waals surface area contributed by atoms with Gasteiger partial charge in [0.05, 0.1) is 0 Å². The predicted octanol–water partition coefficient (Wildman–Crippen LogP) is -0.618. The summed E-state index contributed by atoms with van der Waals surface area (Å²) < 4.78 is 15.1. The Morgan fingerprint density at radius 2 is 2.08 bits per heavy atom. The van der Waals surface area contributed by atoms with Gasteiger partial charge in [0.15, 0.2) is 18.0 Å². The lowest BCUT2D eigenvalue weighted by molar-refractivity contribution is -0.204. The zero-order valence-corrected chi connectivity index (χ0v) is 6.81. The molecule has 0 amide bonds. The first-order valence-electron chi connectivity index (χ1n) is 3.74. The number of esters is 1. The summed E-state index contributed by atoms with van der Waals surface area (Å²) in [4.78, 5) is 10.8. The Morgan fingerprint density at radius 1 is 1.42 bits per heavy atom. The molecule has 0 radical (unpaired) electrons. The van der Waals surface area contributed by atoms with Gasteiger partial charge in [0, 0.05) is 0 Å². The van der Waals surface area contributed by atoms with Gasteiger partial charge in [0.2, 0.25) is 6.29 Å². The summed E-state index contributed by atoms with van der Waals surface area (Å²) in [6, 6.07) is 0. The second-order valence-electron chi connectivity index (χ2n) is 3.35. The van der Waals surface area contributed by atoms with Crippen LogP contribution in [0.15, 0.2) is 0 Å². The van der Waals surface area contributed by atoms with E-state index in [0.29, 0.717) is 0 Å². The quantitative estimate of drug-likeness (QED) is 0.496. The fourth-order valence-corrected chi connectivity index (χ4v) is 1.38. The summed E-state index contributed by atoms with van der Waals surface area (Å²) in [6.07, 6.45) is -2.63. The Kier molecular flexibility index (Phi) is 1.45. The van der Waals surface area contributed by atoms with E-state index in [2.05, 4.69) is 0 Å². The van der Waals surface area contributed by atoms with Gasteiger partial charge in [-0.2, -0.15) is 0 Å². The fourth-order valence-electron chi connectivity index (χ4n) is 1.38. The highest BCUT2D eigenvalue weighted by molar-refractivity contribution is 5.77. The predicted molar refractivity (Wildman–Crippen MR) is 35.9 cm³/mol. The van der Waals surface area contributed by atoms with E-state index in [-0.39, 0.29) is 0 Å². The fraction of sp³-hybridized carbons (Fsp3) is 0.857. The first kappa shape index (κ1) is 7.97. The molecular formula is C7H10O5. The molecule has 0 spiro atoms. The molecule has 0 bridgehead atoms. The molecule has 0 aromatic carbocycles. The maximum absolute atomic E-state index is 10.8. The minimum atomic E-state index is -1.21. The standard InChI is InChI=1S/C7H10O5/c1-7(2)11-4-3(8)5(9)10-6(4)12-7/h3-4,6,8H,1-2H3. The summed E-state index contributed by atoms with van der Waals surface area (Å²) in [5.74, 6) is -1.46. The van der Waals surface area contributed by atoms with Gasteiger partial charge in [-0.1, -0.05) is 0 Å². The Hall–Kier alpha value is -0.650. The van der Waals surface area contributed by atoms with E-state index in [1.54, 1.807) is 13.8 Å². The molecule has 0 saturated carbocycles. The highest BCUT2D eigenvalue weighted by atomic mass is 16.8. The highest BCUT2D eigenvalue weighted by Gasteiger charge is 2.54. The SMILES string of the molecule is CC1(C)OC2OC(=O)C(O)C2O1. The Morgan fingerprint density at radius 3 is 2.67 bits per heavy atom. The van der Waals surface area contributed by atoms with E-state index in [0.717, 1.165) is 0 Å². The number of ether oxygens (including phenoxy) is 3. The Balaban J connectivity index is 2.16. The lowest BCUT2D eigenvalue weighted by Gasteiger charge is -2.18. The van der Waals surface area contributed by atoms with Crippen molar-refractivity contribution in [1.82, 2.24) is 0 Å². The van der Waals surface area contributed by atoms with Crippen LogP contribution >= 0.6 is 0 Å². The number of aliphatic hydroxyl groups is 1. The number of hydrogen-bond acceptors (Lipinski definition) is 5. The van der Waals surface area contributed by atoms with Gasteiger partial charge < -0.3 is 19.3 Å². The van der Waals surface area contributed by atoms with Crippen molar-refractivity contribution in [3.63, 3.8) is 0 Å². The molecule has 0 aromatic rings. The van der Waals surface area contributed by atoms with Crippen molar-refractivity contribution in [2.45, 2.75) is 38.1 Å². The van der Waals surface area contributed by atoms with E-state index >= 15 is 0 Å². The van der Waals surface area contributed by atoms with Crippen LogP contribution < -0.4 is 0 Å². The lowest BCUT2D eigenvalue weighted by atomic mass is 10.2. The van der Waals surface area contributed by atoms with Crippen LogP contribution in [0.5, 0.6) is 0 Å². The molecule has 0 aromatic heterocycles. The molecule has 1 N–H and O–H groups in total. The molecule has 2 aliphatic rings. The molecule has 2 aliphatic heterocycles. The van der Waals surface area contributed by atoms with Gasteiger partial charge in [0.1, 0.15) is 0 Å². The van der Waals surface area contributed by atoms with Gasteiger partial charge in [-0.25, -0.2) is 4.79 Å². The second kappa shape index (κ2) is 2.18. The smallest absolute Gasteiger partial charge is 0.340 e. The summed E-state index contributed by atoms with van der Waals surface area (Å²) in [7, 11) is 0. The summed E-state index contributed by atoms with van der Waals surface area (Å²) in [6.45, 7) is 3.40. The maximum atomic E-state index is 10.8. The monoisotopic (exact) mass is 174 g/mol. The zero-order chi connectivity index (χ0) is 8.93. The molecule has 3 unspecified atom stereocenters. The topological polar surface area (TPSA) is 65.0 Å². The summed E-state index contributed by atoms with van der Waals surface area (Å²) in [5, 5.41) is 9.22. The molecule has 2 rings (SSSR count). The second-order valence-corrected chi connectivity index (χ2v) is 3.35. The van der Waals surface area contributed by atoms with Crippen LogP contribution in [0, 0.1) is 0 Å². The van der Waals surface area contributed by atoms with Gasteiger partial charge in [-0.05, 0) is 13.8 Å². The van der Waals surface area contributed by atoms with Gasteiger partial charge in [0.25, 0.3) is 0 Å². The third kappa shape index (κ3) is 1.01. The number of carbonyl (C=O) groups is 1. The van der Waals surface area contributed by atoms with Crippen LogP contribution in [-0.2, 0) is 19.0 Å². The molecular weight excluding hydrogens is 164 g/mol. The van der Waals surface area contributed by atoms with Crippen LogP contribution in [0.3, 0.4) is 0 Å². The third-order valence-electron chi connectivity index (χ3n) is 1.87. The van der Waals surface area contributed by atoms with Crippen LogP contribution in [0.1, 0.15) is 13.8 Å². The van der Waals surface area contributed by atoms with Crippen LogP contribution in [-0.4, -0.2) is 35.4 Å². The first-order valence-corrected chi connectivity index (χ1v) is 3.74. The number of hydrogen-bond donors (Lipinski definition) is 1. The van der Waals surface area contributed by atoms with E-state index in [1.807, 2.05) is 0 Å². The van der Waals surface area contributed by atoms with Crippen molar-refractivity contribution in [2.24, 2.45) is 0 Å². The molecule has 2 heterocycles. The van der Waals surface area contributed by atoms with Crippen molar-refractivity contribution in [1.29, 1.82) is 0 Å². The lowest BCUT2D eigenvalue weighted by Crippen LogP contribution is -2.31. The highest BCUT2D eigenvalue weighted by Crippen LogP contribution is 2.34. The third-order valence-corrected chi connectivity index (χ3v) is 1.87. The molecule has 3 atom stereocenters. The molecule has 5 nitrogen and oxygen atoms in total. The average molecular weight is 174 g/mol. The normalized spacial score (nSPS) is 44.2. The van der Waals surface area contributed by atoms with E-state index in [4.69, 9.17) is 14.2 Å². The summed E-state index contributed by atoms with van der Waals surface area (Å²) in [5.41, 5.74) is 0. The first-order chi connectivity index (χ1) is 5.49. The van der Waals surface area contributed by atoms with Gasteiger partial charge in [-0.15, -0.1) is 0 Å². The van der Waals surface area contributed by atoms with Crippen molar-refractivity contribution < 1.29 is 24.1 Å². The number of carbonyl (C=O) groups excluding carboxylic acids is 1. The molecule has 2 saturated heterocycles. The molecule has 12 heavy (non-hydrogen) atoms. The van der Waals surface area contributed by atoms with Crippen LogP contribution in [0.4, 0.5) is 0 Å². The van der Waals surface area contributed by atoms with Crippen molar-refractivity contribution >= 4 is 5.97 Å². The maximum Gasteiger partial charge on any atom is 0.340 e. The van der Waals surface area contributed by atoms with Crippen molar-refractivity contribution in [3.8, 4) is 0 Å². The van der Waals surface area contributed by atoms with E-state index in [1.165, 1.54) is 0 Å². The van der Waals surface area contributed by atoms with Crippen molar-refractivity contribution in [2.75, 3.05) is 0 Å². The number of rotatable bonds is 0. The van der Waals surface area contributed by atoms with E-state index < -0.39 is 30.3 Å². The molecule has 68 valence electrons. The number of fused-ring (bicyclic) bond motifs is 1. The largest absolute Gasteiger partial charge is 0.431 e. The molecule has 0 aliphatic carbocycles. The summed E-state index contributed by atoms with van der Waals surface area (Å²) >= 11 is 0. The molecule has 5 heteroatoms. The Bertz CT molecular complexity index is 224. The number of aliphatic hydroxyl groups excluding tert-OH is 1. The van der Waals surface area contributed by atoms with Gasteiger partial charge in [-0.3, -0.25) is 0 Å². The van der Waals surface area contributed by atoms with Crippen LogP contribution in [0.2, 0.25) is 0 Å².